The lowest BCUT2D eigenvalue weighted by molar-refractivity contribution is -0.139. The molecule has 1 unspecified atom stereocenters. The van der Waals surface area contributed by atoms with Crippen molar-refractivity contribution in [2.75, 3.05) is 39.3 Å². The molecule has 1 N–H and O–H groups in total. The van der Waals surface area contributed by atoms with Crippen LogP contribution in [0.5, 0.6) is 0 Å². The van der Waals surface area contributed by atoms with Crippen molar-refractivity contribution in [2.45, 2.75) is 19.9 Å². The first-order chi connectivity index (χ1) is 7.16. The van der Waals surface area contributed by atoms with Gasteiger partial charge in [-0.1, -0.05) is 13.8 Å². The van der Waals surface area contributed by atoms with Gasteiger partial charge in [-0.2, -0.15) is 0 Å². The molecule has 1 atom stereocenters. The second-order valence-corrected chi connectivity index (χ2v) is 5.02. The second-order valence-electron chi connectivity index (χ2n) is 5.02. The molecule has 0 aliphatic carbocycles. The van der Waals surface area contributed by atoms with Crippen molar-refractivity contribution in [3.63, 3.8) is 0 Å². The minimum Gasteiger partial charge on any atom is -0.340 e. The van der Waals surface area contributed by atoms with Crippen LogP contribution in [-0.2, 0) is 4.79 Å². The van der Waals surface area contributed by atoms with Gasteiger partial charge in [0.15, 0.2) is 0 Å². The number of carbonyl (C=O) groups is 1. The molecule has 2 rings (SSSR count). The van der Waals surface area contributed by atoms with Crippen LogP contribution in [0.25, 0.3) is 0 Å². The first-order valence-corrected chi connectivity index (χ1v) is 5.89. The molecule has 0 aromatic rings. The lowest BCUT2D eigenvalue weighted by Gasteiger charge is -2.44. The van der Waals surface area contributed by atoms with Crippen LogP contribution >= 0.6 is 0 Å². The summed E-state index contributed by atoms with van der Waals surface area (Å²) >= 11 is 0. The third-order valence-corrected chi connectivity index (χ3v) is 3.18. The molecule has 4 nitrogen and oxygen atoms in total. The van der Waals surface area contributed by atoms with Crippen LogP contribution in [0.1, 0.15) is 13.8 Å². The van der Waals surface area contributed by atoms with Crippen LogP contribution in [0.3, 0.4) is 0 Å². The highest BCUT2D eigenvalue weighted by molar-refractivity contribution is 5.79. The maximum Gasteiger partial charge on any atom is 0.236 e. The van der Waals surface area contributed by atoms with Crippen molar-refractivity contribution in [2.24, 2.45) is 5.92 Å². The zero-order valence-electron chi connectivity index (χ0n) is 9.70. The maximum atomic E-state index is 11.8. The van der Waals surface area contributed by atoms with E-state index in [1.54, 1.807) is 0 Å². The van der Waals surface area contributed by atoms with Crippen molar-refractivity contribution in [3.8, 4) is 0 Å². The molecule has 2 heterocycles. The fourth-order valence-electron chi connectivity index (χ4n) is 2.44. The smallest absolute Gasteiger partial charge is 0.236 e. The largest absolute Gasteiger partial charge is 0.340 e. The molecule has 2 aliphatic heterocycles. The topological polar surface area (TPSA) is 35.6 Å². The van der Waals surface area contributed by atoms with Gasteiger partial charge in [-0.3, -0.25) is 9.69 Å². The summed E-state index contributed by atoms with van der Waals surface area (Å²) in [5, 5.41) is 3.39. The predicted molar refractivity (Wildman–Crippen MR) is 59.6 cm³/mol. The van der Waals surface area contributed by atoms with Crippen molar-refractivity contribution >= 4 is 5.91 Å². The zero-order valence-corrected chi connectivity index (χ0v) is 9.70. The van der Waals surface area contributed by atoms with Crippen LogP contribution < -0.4 is 5.32 Å². The third kappa shape index (κ3) is 2.49. The number of fused-ring (bicyclic) bond motifs is 1. The number of amides is 1. The number of nitrogens with one attached hydrogen (secondary N) is 1. The molecule has 2 fully saturated rings. The number of rotatable bonds is 2. The molecule has 15 heavy (non-hydrogen) atoms. The molecule has 1 amide bonds. The molecule has 0 saturated carbocycles. The Labute approximate surface area is 91.6 Å². The van der Waals surface area contributed by atoms with Gasteiger partial charge in [-0.25, -0.2) is 0 Å². The summed E-state index contributed by atoms with van der Waals surface area (Å²) < 4.78 is 0. The minimum atomic E-state index is 0.307. The van der Waals surface area contributed by atoms with E-state index in [-0.39, 0.29) is 0 Å². The van der Waals surface area contributed by atoms with E-state index in [2.05, 4.69) is 24.1 Å². The summed E-state index contributed by atoms with van der Waals surface area (Å²) in [7, 11) is 0. The number of carbonyl (C=O) groups excluding carboxylic acids is 1. The first-order valence-electron chi connectivity index (χ1n) is 5.89. The highest BCUT2D eigenvalue weighted by Gasteiger charge is 2.33. The Morgan fingerprint density at radius 3 is 3.07 bits per heavy atom. The SMILES string of the molecule is CC(C)CN1CC2CNCCN2CC1=O. The molecule has 0 spiro atoms. The van der Waals surface area contributed by atoms with E-state index in [1.165, 1.54) is 0 Å². The molecule has 86 valence electrons. The summed E-state index contributed by atoms with van der Waals surface area (Å²) in [6.07, 6.45) is 0. The fourth-order valence-corrected chi connectivity index (χ4v) is 2.44. The van der Waals surface area contributed by atoms with Gasteiger partial charge in [0.2, 0.25) is 5.91 Å². The van der Waals surface area contributed by atoms with Crippen LogP contribution in [0.15, 0.2) is 0 Å². The van der Waals surface area contributed by atoms with Crippen LogP contribution in [0, 0.1) is 5.92 Å². The zero-order chi connectivity index (χ0) is 10.8. The monoisotopic (exact) mass is 211 g/mol. The molecule has 0 radical (unpaired) electrons. The average molecular weight is 211 g/mol. The number of nitrogens with zero attached hydrogens (tertiary/aromatic N) is 2. The van der Waals surface area contributed by atoms with E-state index in [4.69, 9.17) is 0 Å². The Morgan fingerprint density at radius 2 is 2.33 bits per heavy atom. The normalized spacial score (nSPS) is 28.3. The Hall–Kier alpha value is -0.610. The maximum absolute atomic E-state index is 11.8. The highest BCUT2D eigenvalue weighted by atomic mass is 16.2. The van der Waals surface area contributed by atoms with Crippen molar-refractivity contribution in [1.82, 2.24) is 15.1 Å². The van der Waals surface area contributed by atoms with Gasteiger partial charge >= 0.3 is 0 Å². The van der Waals surface area contributed by atoms with Crippen molar-refractivity contribution in [3.05, 3.63) is 0 Å². The molecule has 2 aliphatic rings. The van der Waals surface area contributed by atoms with Gasteiger partial charge in [0.25, 0.3) is 0 Å². The summed E-state index contributed by atoms with van der Waals surface area (Å²) in [5.74, 6) is 0.874. The molecule has 0 aromatic heterocycles. The van der Waals surface area contributed by atoms with Crippen molar-refractivity contribution < 1.29 is 4.79 Å². The molecule has 4 heteroatoms. The third-order valence-electron chi connectivity index (χ3n) is 3.18. The van der Waals surface area contributed by atoms with Crippen LogP contribution in [0.2, 0.25) is 0 Å². The predicted octanol–water partition coefficient (Wildman–Crippen LogP) is -0.242. The quantitative estimate of drug-likeness (QED) is 0.684. The number of hydrogen-bond donors (Lipinski definition) is 1. The minimum absolute atomic E-state index is 0.307. The highest BCUT2D eigenvalue weighted by Crippen LogP contribution is 2.13. The van der Waals surface area contributed by atoms with E-state index < -0.39 is 0 Å². The number of hydrogen-bond acceptors (Lipinski definition) is 3. The Balaban J connectivity index is 1.95. The molecular weight excluding hydrogens is 190 g/mol. The van der Waals surface area contributed by atoms with E-state index in [9.17, 15) is 4.79 Å². The average Bonchev–Trinajstić information content (AvgIpc) is 2.18. The lowest BCUT2D eigenvalue weighted by Crippen LogP contribution is -2.63. The van der Waals surface area contributed by atoms with Crippen LogP contribution in [0.4, 0.5) is 0 Å². The van der Waals surface area contributed by atoms with E-state index in [0.29, 0.717) is 24.4 Å². The van der Waals surface area contributed by atoms with E-state index in [1.807, 2.05) is 4.90 Å². The van der Waals surface area contributed by atoms with Gasteiger partial charge in [0.1, 0.15) is 0 Å². The van der Waals surface area contributed by atoms with Crippen molar-refractivity contribution in [1.29, 1.82) is 0 Å². The standard InChI is InChI=1S/C11H21N3O/c1-9(2)6-14-7-10-5-12-3-4-13(10)8-11(14)15/h9-10,12H,3-8H2,1-2H3. The summed E-state index contributed by atoms with van der Waals surface area (Å²) in [5.41, 5.74) is 0. The van der Waals surface area contributed by atoms with Gasteiger partial charge < -0.3 is 10.2 Å². The molecule has 2 saturated heterocycles. The summed E-state index contributed by atoms with van der Waals surface area (Å²) in [6.45, 7) is 9.84. The summed E-state index contributed by atoms with van der Waals surface area (Å²) in [4.78, 5) is 16.2. The van der Waals surface area contributed by atoms with Gasteiger partial charge in [0.05, 0.1) is 6.54 Å². The first kappa shape index (κ1) is 10.9. The Bertz CT molecular complexity index is 242. The fraction of sp³-hybridized carbons (Fsp3) is 0.909. The van der Waals surface area contributed by atoms with E-state index >= 15 is 0 Å². The summed E-state index contributed by atoms with van der Waals surface area (Å²) in [6, 6.07) is 0.537. The van der Waals surface area contributed by atoms with Gasteiger partial charge in [0, 0.05) is 38.8 Å². The molecule has 0 bridgehead atoms. The Morgan fingerprint density at radius 1 is 1.53 bits per heavy atom. The van der Waals surface area contributed by atoms with Gasteiger partial charge in [-0.05, 0) is 5.92 Å². The number of piperazine rings is 2. The molecule has 0 aromatic carbocycles. The lowest BCUT2D eigenvalue weighted by atomic mass is 10.1. The Kier molecular flexibility index (Phi) is 3.26. The van der Waals surface area contributed by atoms with Gasteiger partial charge in [-0.15, -0.1) is 0 Å². The van der Waals surface area contributed by atoms with E-state index in [0.717, 1.165) is 32.7 Å². The molecular formula is C11H21N3O. The second kappa shape index (κ2) is 4.49. The van der Waals surface area contributed by atoms with Crippen LogP contribution in [-0.4, -0.2) is 61.0 Å².